The third-order valence-electron chi connectivity index (χ3n) is 4.24. The van der Waals surface area contributed by atoms with Gasteiger partial charge in [0.05, 0.1) is 39.6 Å². The number of nitrogens with zero attached hydrogens (tertiary/aromatic N) is 2. The minimum atomic E-state index is -0.772. The number of carbonyl (C=O) groups is 2. The molecular weight excluding hydrogens is 313 g/mol. The maximum atomic E-state index is 12.9. The Balaban J connectivity index is 1.69. The number of carbonyl (C=O) groups excluding carboxylic acids is 2. The SMILES string of the molecule is C[NH+]1CCN(C2=N[C@@H](C(=O)Nc3ccc(F)cc3)CC(=O)N2)CC1. The molecule has 2 aliphatic rings. The second-order valence-corrected chi connectivity index (χ2v) is 6.16. The zero-order valence-electron chi connectivity index (χ0n) is 13.5. The third-order valence-corrected chi connectivity index (χ3v) is 4.24. The summed E-state index contributed by atoms with van der Waals surface area (Å²) in [4.78, 5) is 32.1. The highest BCUT2D eigenvalue weighted by molar-refractivity contribution is 6.05. The normalized spacial score (nSPS) is 21.9. The Morgan fingerprint density at radius 1 is 1.33 bits per heavy atom. The Kier molecular flexibility index (Phi) is 4.75. The topological polar surface area (TPSA) is 78.2 Å². The van der Waals surface area contributed by atoms with Gasteiger partial charge in [-0.05, 0) is 24.3 Å². The second kappa shape index (κ2) is 6.96. The van der Waals surface area contributed by atoms with E-state index >= 15 is 0 Å². The van der Waals surface area contributed by atoms with E-state index in [9.17, 15) is 14.0 Å². The first-order valence-corrected chi connectivity index (χ1v) is 8.01. The van der Waals surface area contributed by atoms with Crippen LogP contribution in [0.1, 0.15) is 6.42 Å². The molecule has 8 heteroatoms. The van der Waals surface area contributed by atoms with Gasteiger partial charge in [0.2, 0.25) is 17.8 Å². The van der Waals surface area contributed by atoms with Crippen molar-refractivity contribution in [2.75, 3.05) is 38.5 Å². The lowest BCUT2D eigenvalue weighted by Crippen LogP contribution is -3.12. The van der Waals surface area contributed by atoms with Crippen LogP contribution in [-0.2, 0) is 9.59 Å². The zero-order chi connectivity index (χ0) is 17.1. The smallest absolute Gasteiger partial charge is 0.249 e. The largest absolute Gasteiger partial charge is 0.334 e. The molecule has 2 heterocycles. The van der Waals surface area contributed by atoms with Crippen LogP contribution in [0.25, 0.3) is 0 Å². The molecule has 1 fully saturated rings. The number of benzene rings is 1. The summed E-state index contributed by atoms with van der Waals surface area (Å²) >= 11 is 0. The van der Waals surface area contributed by atoms with Crippen LogP contribution in [0.3, 0.4) is 0 Å². The van der Waals surface area contributed by atoms with Crippen LogP contribution in [0.15, 0.2) is 29.3 Å². The van der Waals surface area contributed by atoms with Gasteiger partial charge in [-0.2, -0.15) is 0 Å². The van der Waals surface area contributed by atoms with Gasteiger partial charge < -0.3 is 15.1 Å². The molecular formula is C16H21FN5O2+. The summed E-state index contributed by atoms with van der Waals surface area (Å²) in [7, 11) is 2.12. The lowest BCUT2D eigenvalue weighted by Gasteiger charge is -2.34. The molecule has 0 radical (unpaired) electrons. The Hall–Kier alpha value is -2.48. The maximum absolute atomic E-state index is 12.9. The summed E-state index contributed by atoms with van der Waals surface area (Å²) < 4.78 is 12.9. The van der Waals surface area contributed by atoms with E-state index in [0.717, 1.165) is 26.2 Å². The molecule has 128 valence electrons. The van der Waals surface area contributed by atoms with Crippen LogP contribution in [0.5, 0.6) is 0 Å². The number of guanidine groups is 1. The van der Waals surface area contributed by atoms with Crippen molar-refractivity contribution >= 4 is 23.5 Å². The average molecular weight is 334 g/mol. The summed E-state index contributed by atoms with van der Waals surface area (Å²) in [5.41, 5.74) is 0.479. The number of anilines is 1. The molecule has 0 saturated carbocycles. The van der Waals surface area contributed by atoms with Gasteiger partial charge in [-0.3, -0.25) is 14.9 Å². The average Bonchev–Trinajstić information content (AvgIpc) is 2.57. The standard InChI is InChI=1S/C16H20FN5O2/c1-21-6-8-22(9-7-21)16-19-13(10-14(23)20-16)15(24)18-12-4-2-11(17)3-5-12/h2-5,13H,6-10H2,1H3,(H,18,24)(H,19,20,23)/p+1/t13-/m1/s1. The molecule has 1 aromatic carbocycles. The molecule has 1 saturated heterocycles. The first-order valence-electron chi connectivity index (χ1n) is 8.01. The van der Waals surface area contributed by atoms with E-state index in [1.54, 1.807) is 0 Å². The molecule has 3 rings (SSSR count). The summed E-state index contributed by atoms with van der Waals surface area (Å²) in [6.45, 7) is 3.50. The van der Waals surface area contributed by atoms with Crippen LogP contribution in [0, 0.1) is 5.82 Å². The number of aliphatic imine (C=N–C) groups is 1. The first kappa shape index (κ1) is 16.4. The second-order valence-electron chi connectivity index (χ2n) is 6.16. The van der Waals surface area contributed by atoms with Crippen LogP contribution in [-0.4, -0.2) is 61.9 Å². The highest BCUT2D eigenvalue weighted by Crippen LogP contribution is 2.12. The monoisotopic (exact) mass is 334 g/mol. The number of halogens is 1. The first-order chi connectivity index (χ1) is 11.5. The molecule has 24 heavy (non-hydrogen) atoms. The summed E-state index contributed by atoms with van der Waals surface area (Å²) in [5.74, 6) is -0.486. The predicted molar refractivity (Wildman–Crippen MR) is 87.2 cm³/mol. The summed E-state index contributed by atoms with van der Waals surface area (Å²) in [5, 5.41) is 5.43. The molecule has 0 bridgehead atoms. The highest BCUT2D eigenvalue weighted by atomic mass is 19.1. The Labute approximate surface area is 139 Å². The lowest BCUT2D eigenvalue weighted by molar-refractivity contribution is -0.883. The number of quaternary nitrogens is 1. The van der Waals surface area contributed by atoms with E-state index in [-0.39, 0.29) is 24.1 Å². The number of amides is 2. The predicted octanol–water partition coefficient (Wildman–Crippen LogP) is -1.16. The van der Waals surface area contributed by atoms with E-state index in [4.69, 9.17) is 0 Å². The van der Waals surface area contributed by atoms with Crippen LogP contribution in [0.4, 0.5) is 10.1 Å². The van der Waals surface area contributed by atoms with Gasteiger partial charge in [0, 0.05) is 5.69 Å². The van der Waals surface area contributed by atoms with Gasteiger partial charge in [0.25, 0.3) is 0 Å². The Bertz CT molecular complexity index is 653. The minimum Gasteiger partial charge on any atom is -0.334 e. The number of rotatable bonds is 2. The van der Waals surface area contributed by atoms with E-state index < -0.39 is 6.04 Å². The zero-order valence-corrected chi connectivity index (χ0v) is 13.5. The van der Waals surface area contributed by atoms with Crippen molar-refractivity contribution in [3.63, 3.8) is 0 Å². The van der Waals surface area contributed by atoms with Gasteiger partial charge in [-0.25, -0.2) is 9.38 Å². The van der Waals surface area contributed by atoms with E-state index in [1.165, 1.54) is 29.2 Å². The van der Waals surface area contributed by atoms with Gasteiger partial charge in [-0.15, -0.1) is 0 Å². The molecule has 0 unspecified atom stereocenters. The third kappa shape index (κ3) is 3.88. The van der Waals surface area contributed by atoms with E-state index in [1.807, 2.05) is 4.90 Å². The van der Waals surface area contributed by atoms with Gasteiger partial charge in [-0.1, -0.05) is 0 Å². The van der Waals surface area contributed by atoms with Crippen LogP contribution < -0.4 is 15.5 Å². The van der Waals surface area contributed by atoms with Crippen molar-refractivity contribution in [2.24, 2.45) is 4.99 Å². The van der Waals surface area contributed by atoms with Crippen molar-refractivity contribution in [3.8, 4) is 0 Å². The molecule has 3 N–H and O–H groups in total. The Morgan fingerprint density at radius 2 is 2.00 bits per heavy atom. The van der Waals surface area contributed by atoms with Gasteiger partial charge >= 0.3 is 0 Å². The number of nitrogens with one attached hydrogen (secondary N) is 3. The number of likely N-dealkylation sites (N-methyl/N-ethyl adjacent to an activating group) is 1. The minimum absolute atomic E-state index is 0.00945. The summed E-state index contributed by atoms with van der Waals surface area (Å²) in [6.07, 6.45) is 0.00945. The number of piperazine rings is 1. The van der Waals surface area contributed by atoms with E-state index in [0.29, 0.717) is 11.6 Å². The molecule has 7 nitrogen and oxygen atoms in total. The molecule has 2 aliphatic heterocycles. The fourth-order valence-electron chi connectivity index (χ4n) is 2.75. The van der Waals surface area contributed by atoms with Crippen molar-refractivity contribution in [3.05, 3.63) is 30.1 Å². The lowest BCUT2D eigenvalue weighted by atomic mass is 10.1. The number of hydrogen-bond donors (Lipinski definition) is 3. The molecule has 0 aliphatic carbocycles. The highest BCUT2D eigenvalue weighted by Gasteiger charge is 2.30. The molecule has 0 aromatic heterocycles. The molecule has 1 aromatic rings. The van der Waals surface area contributed by atoms with Crippen LogP contribution >= 0.6 is 0 Å². The Morgan fingerprint density at radius 3 is 2.67 bits per heavy atom. The molecule has 0 spiro atoms. The quantitative estimate of drug-likeness (QED) is 0.638. The van der Waals surface area contributed by atoms with Gasteiger partial charge in [0.15, 0.2) is 0 Å². The van der Waals surface area contributed by atoms with Crippen molar-refractivity contribution in [1.82, 2.24) is 10.2 Å². The fraction of sp³-hybridized carbons (Fsp3) is 0.438. The van der Waals surface area contributed by atoms with E-state index in [2.05, 4.69) is 22.7 Å². The van der Waals surface area contributed by atoms with Crippen molar-refractivity contribution < 1.29 is 18.9 Å². The fourth-order valence-corrected chi connectivity index (χ4v) is 2.75. The van der Waals surface area contributed by atoms with Crippen molar-refractivity contribution in [1.29, 1.82) is 0 Å². The summed E-state index contributed by atoms with van der Waals surface area (Å²) in [6, 6.07) is 4.72. The van der Waals surface area contributed by atoms with Crippen molar-refractivity contribution in [2.45, 2.75) is 12.5 Å². The van der Waals surface area contributed by atoms with Gasteiger partial charge in [0.1, 0.15) is 11.9 Å². The molecule has 2 amide bonds. The maximum Gasteiger partial charge on any atom is 0.249 e. The van der Waals surface area contributed by atoms with Crippen LogP contribution in [0.2, 0.25) is 0 Å². The molecule has 1 atom stereocenters. The number of hydrogen-bond acceptors (Lipinski definition) is 4.